The minimum atomic E-state index is -1.36. The SMILES string of the molecule is CC(=NNC(N)=S)C(=O)[O-].CC(=NNC(N)=S)C(=O)[O-].[Cr]. The van der Waals surface area contributed by atoms with E-state index in [4.69, 9.17) is 11.5 Å². The molecule has 21 heavy (non-hydrogen) atoms. The quantitative estimate of drug-likeness (QED) is 0.215. The Balaban J connectivity index is -0.000000295. The van der Waals surface area contributed by atoms with Crippen LogP contribution in [0, 0.1) is 0 Å². The van der Waals surface area contributed by atoms with Crippen molar-refractivity contribution >= 4 is 58.0 Å². The number of nitrogens with zero attached hydrogens (tertiary/aromatic N) is 2. The molecule has 0 radical (unpaired) electrons. The summed E-state index contributed by atoms with van der Waals surface area (Å²) >= 11 is 8.69. The third kappa shape index (κ3) is 18.2. The molecule has 0 atom stereocenters. The smallest absolute Gasteiger partial charge is 0.184 e. The standard InChI is InChI=1S/2C4H7N3O2S.Cr/c2*1-2(3(8)9)6-7-4(5)10;/h2*1H3,(H,8,9)(H3,5,7,10);/p-2. The first kappa shape index (κ1) is 24.2. The summed E-state index contributed by atoms with van der Waals surface area (Å²) in [6, 6.07) is 0. The van der Waals surface area contributed by atoms with Crippen LogP contribution >= 0.6 is 24.4 Å². The molecule has 0 heterocycles. The summed E-state index contributed by atoms with van der Waals surface area (Å²) in [6.07, 6.45) is 0. The topological polar surface area (TPSA) is 181 Å². The van der Waals surface area contributed by atoms with Crippen LogP contribution in [0.25, 0.3) is 0 Å². The Labute approximate surface area is 141 Å². The van der Waals surface area contributed by atoms with Gasteiger partial charge >= 0.3 is 0 Å². The monoisotopic (exact) mass is 372 g/mol. The molecule has 13 heteroatoms. The van der Waals surface area contributed by atoms with Gasteiger partial charge in [-0.1, -0.05) is 0 Å². The molecular weight excluding hydrogens is 360 g/mol. The van der Waals surface area contributed by atoms with E-state index in [1.54, 1.807) is 0 Å². The summed E-state index contributed by atoms with van der Waals surface area (Å²) < 4.78 is 0. The second-order valence-corrected chi connectivity index (χ2v) is 3.80. The van der Waals surface area contributed by atoms with Gasteiger partial charge in [-0.2, -0.15) is 10.2 Å². The number of nitrogens with one attached hydrogen (secondary N) is 2. The Bertz CT molecular complexity index is 426. The van der Waals surface area contributed by atoms with Gasteiger partial charge in [0.25, 0.3) is 0 Å². The molecule has 0 aliphatic carbocycles. The number of hydrogen-bond donors (Lipinski definition) is 4. The molecule has 0 rings (SSSR count). The predicted octanol–water partition coefficient (Wildman–Crippen LogP) is -4.11. The zero-order chi connectivity index (χ0) is 16.3. The van der Waals surface area contributed by atoms with Gasteiger partial charge in [0.15, 0.2) is 10.2 Å². The molecule has 0 aromatic rings. The van der Waals surface area contributed by atoms with Crippen molar-refractivity contribution in [2.24, 2.45) is 21.7 Å². The third-order valence-corrected chi connectivity index (χ3v) is 1.44. The van der Waals surface area contributed by atoms with Crippen molar-refractivity contribution in [2.45, 2.75) is 13.8 Å². The molecule has 0 unspecified atom stereocenters. The number of hydrogen-bond acceptors (Lipinski definition) is 8. The van der Waals surface area contributed by atoms with Crippen LogP contribution < -0.4 is 32.5 Å². The van der Waals surface area contributed by atoms with E-state index in [9.17, 15) is 19.8 Å². The van der Waals surface area contributed by atoms with Crippen LogP contribution in [-0.4, -0.2) is 33.6 Å². The first-order chi connectivity index (χ1) is 9.07. The molecule has 0 aliphatic heterocycles. The molecule has 0 saturated carbocycles. The molecule has 0 amide bonds. The van der Waals surface area contributed by atoms with E-state index in [0.29, 0.717) is 0 Å². The van der Waals surface area contributed by atoms with Crippen LogP contribution in [0.3, 0.4) is 0 Å². The predicted molar refractivity (Wildman–Crippen MR) is 76.1 cm³/mol. The van der Waals surface area contributed by atoms with Gasteiger partial charge in [-0.15, -0.1) is 0 Å². The molecule has 0 aromatic carbocycles. The summed E-state index contributed by atoms with van der Waals surface area (Å²) in [7, 11) is 0. The van der Waals surface area contributed by atoms with Crippen molar-refractivity contribution in [1.29, 1.82) is 0 Å². The number of rotatable bonds is 4. The van der Waals surface area contributed by atoms with Crippen LogP contribution in [0.5, 0.6) is 0 Å². The first-order valence-corrected chi connectivity index (χ1v) is 5.51. The summed E-state index contributed by atoms with van der Waals surface area (Å²) in [5.41, 5.74) is 13.7. The van der Waals surface area contributed by atoms with E-state index < -0.39 is 11.9 Å². The van der Waals surface area contributed by atoms with Crippen molar-refractivity contribution in [3.05, 3.63) is 0 Å². The van der Waals surface area contributed by atoms with Gasteiger partial charge in [-0.25, -0.2) is 0 Å². The van der Waals surface area contributed by atoms with Crippen LogP contribution in [-0.2, 0) is 27.0 Å². The minimum Gasteiger partial charge on any atom is -0.543 e. The van der Waals surface area contributed by atoms with Crippen LogP contribution in [0.2, 0.25) is 0 Å². The van der Waals surface area contributed by atoms with E-state index in [1.165, 1.54) is 13.8 Å². The number of hydrazone groups is 2. The molecule has 118 valence electrons. The summed E-state index contributed by atoms with van der Waals surface area (Å²) in [5.74, 6) is -2.72. The van der Waals surface area contributed by atoms with Gasteiger partial charge < -0.3 is 31.3 Å². The largest absolute Gasteiger partial charge is 0.543 e. The number of carbonyl (C=O) groups is 2. The number of carbonyl (C=O) groups excluding carboxylic acids is 2. The molecule has 0 saturated heterocycles. The van der Waals surface area contributed by atoms with Gasteiger partial charge in [-0.3, -0.25) is 10.9 Å². The molecule has 0 aromatic heterocycles. The molecular formula is C8H12CrN6O4S2-2. The Morgan fingerprint density at radius 2 is 1.14 bits per heavy atom. The molecule has 0 fully saturated rings. The molecule has 6 N–H and O–H groups in total. The maximum atomic E-state index is 9.95. The Morgan fingerprint density at radius 3 is 1.29 bits per heavy atom. The van der Waals surface area contributed by atoms with Gasteiger partial charge in [0.2, 0.25) is 0 Å². The number of carboxylic acid groups (broad SMARTS) is 2. The Kier molecular flexibility index (Phi) is 15.2. The number of thiocarbonyl (C=S) groups is 2. The second-order valence-electron chi connectivity index (χ2n) is 2.92. The third-order valence-electron chi connectivity index (χ3n) is 1.26. The van der Waals surface area contributed by atoms with E-state index >= 15 is 0 Å². The van der Waals surface area contributed by atoms with Crippen LogP contribution in [0.15, 0.2) is 10.2 Å². The van der Waals surface area contributed by atoms with E-state index in [2.05, 4.69) is 45.5 Å². The number of aliphatic carboxylic acids is 2. The van der Waals surface area contributed by atoms with Crippen molar-refractivity contribution < 1.29 is 37.2 Å². The average molecular weight is 372 g/mol. The molecule has 0 bridgehead atoms. The summed E-state index contributed by atoms with van der Waals surface area (Å²) in [5, 5.41) is 26.2. The van der Waals surface area contributed by atoms with Crippen LogP contribution in [0.4, 0.5) is 0 Å². The maximum Gasteiger partial charge on any atom is 0.184 e. The fraction of sp³-hybridized carbons (Fsp3) is 0.250. The van der Waals surface area contributed by atoms with Gasteiger partial charge in [0, 0.05) is 17.4 Å². The summed E-state index contributed by atoms with van der Waals surface area (Å²) in [6.45, 7) is 2.53. The Morgan fingerprint density at radius 1 is 0.905 bits per heavy atom. The minimum absolute atomic E-state index is 0. The van der Waals surface area contributed by atoms with Crippen molar-refractivity contribution in [1.82, 2.24) is 10.9 Å². The van der Waals surface area contributed by atoms with E-state index in [0.717, 1.165) is 0 Å². The van der Waals surface area contributed by atoms with Crippen molar-refractivity contribution in [3.63, 3.8) is 0 Å². The Hall–Kier alpha value is -1.81. The maximum absolute atomic E-state index is 9.95. The van der Waals surface area contributed by atoms with Gasteiger partial charge in [0.1, 0.15) is 0 Å². The normalized spacial score (nSPS) is 10.2. The molecule has 10 nitrogen and oxygen atoms in total. The molecule has 0 spiro atoms. The second kappa shape index (κ2) is 13.2. The van der Waals surface area contributed by atoms with Crippen molar-refractivity contribution in [3.8, 4) is 0 Å². The first-order valence-electron chi connectivity index (χ1n) is 4.70. The summed E-state index contributed by atoms with van der Waals surface area (Å²) in [4.78, 5) is 19.9. The van der Waals surface area contributed by atoms with Crippen LogP contribution in [0.1, 0.15) is 13.8 Å². The zero-order valence-corrected chi connectivity index (χ0v) is 13.8. The fourth-order valence-electron chi connectivity index (χ4n) is 0.369. The molecule has 0 aliphatic rings. The average Bonchev–Trinajstić information content (AvgIpc) is 2.33. The van der Waals surface area contributed by atoms with Crippen molar-refractivity contribution in [2.75, 3.05) is 0 Å². The fourth-order valence-corrected chi connectivity index (χ4v) is 0.460. The van der Waals surface area contributed by atoms with Gasteiger partial charge in [-0.05, 0) is 38.3 Å². The number of nitrogens with two attached hydrogens (primary N) is 2. The zero-order valence-electron chi connectivity index (χ0n) is 10.9. The van der Waals surface area contributed by atoms with E-state index in [-0.39, 0.29) is 39.0 Å². The van der Waals surface area contributed by atoms with Gasteiger partial charge in [0.05, 0.1) is 23.4 Å². The number of carboxylic acids is 2. The van der Waals surface area contributed by atoms with E-state index in [1.807, 2.05) is 0 Å².